The first kappa shape index (κ1) is 18.7. The SMILES string of the molecule is CC(C)OC(=O)Nc1ccc2c(c1)N(C(=O)CI)c1ccccc1CC2. The minimum absolute atomic E-state index is 0.0168. The van der Waals surface area contributed by atoms with E-state index in [0.29, 0.717) is 10.1 Å². The lowest BCUT2D eigenvalue weighted by Crippen LogP contribution is -2.28. The van der Waals surface area contributed by atoms with Gasteiger partial charge in [0.2, 0.25) is 5.91 Å². The highest BCUT2D eigenvalue weighted by molar-refractivity contribution is 14.1. The number of hydrogen-bond acceptors (Lipinski definition) is 3. The summed E-state index contributed by atoms with van der Waals surface area (Å²) < 4.78 is 5.52. The molecular weight excluding hydrogens is 443 g/mol. The summed E-state index contributed by atoms with van der Waals surface area (Å²) in [5.41, 5.74) is 4.58. The monoisotopic (exact) mass is 464 g/mol. The van der Waals surface area contributed by atoms with Gasteiger partial charge in [-0.3, -0.25) is 15.0 Å². The lowest BCUT2D eigenvalue weighted by atomic mass is 10.0. The van der Waals surface area contributed by atoms with Crippen LogP contribution in [0.5, 0.6) is 0 Å². The Hall–Kier alpha value is -2.09. The summed E-state index contributed by atoms with van der Waals surface area (Å²) in [6.07, 6.45) is 1.02. The van der Waals surface area contributed by atoms with E-state index in [9.17, 15) is 9.59 Å². The molecule has 1 aliphatic heterocycles. The highest BCUT2D eigenvalue weighted by Crippen LogP contribution is 2.37. The van der Waals surface area contributed by atoms with Crippen molar-refractivity contribution in [3.8, 4) is 0 Å². The number of carbonyl (C=O) groups excluding carboxylic acids is 2. The highest BCUT2D eigenvalue weighted by Gasteiger charge is 2.25. The van der Waals surface area contributed by atoms with Crippen LogP contribution in [0.2, 0.25) is 0 Å². The van der Waals surface area contributed by atoms with Gasteiger partial charge >= 0.3 is 6.09 Å². The van der Waals surface area contributed by atoms with E-state index >= 15 is 0 Å². The lowest BCUT2D eigenvalue weighted by molar-refractivity contribution is -0.115. The molecule has 2 aromatic rings. The van der Waals surface area contributed by atoms with Crippen LogP contribution < -0.4 is 10.2 Å². The molecular formula is C20H21IN2O3. The van der Waals surface area contributed by atoms with Crippen LogP contribution in [0, 0.1) is 0 Å². The first-order valence-corrected chi connectivity index (χ1v) is 10.1. The summed E-state index contributed by atoms with van der Waals surface area (Å²) in [6, 6.07) is 13.7. The van der Waals surface area contributed by atoms with Gasteiger partial charge in [-0.2, -0.15) is 0 Å². The van der Waals surface area contributed by atoms with Crippen molar-refractivity contribution >= 4 is 51.7 Å². The predicted molar refractivity (Wildman–Crippen MR) is 112 cm³/mol. The molecule has 26 heavy (non-hydrogen) atoms. The number of benzene rings is 2. The van der Waals surface area contributed by atoms with E-state index < -0.39 is 6.09 Å². The fraction of sp³-hybridized carbons (Fsp3) is 0.300. The van der Waals surface area contributed by atoms with Crippen LogP contribution in [0.3, 0.4) is 0 Å². The second kappa shape index (κ2) is 8.07. The van der Waals surface area contributed by atoms with Gasteiger partial charge in [-0.05, 0) is 56.0 Å². The zero-order valence-electron chi connectivity index (χ0n) is 14.8. The number of ether oxygens (including phenoxy) is 1. The quantitative estimate of drug-likeness (QED) is 0.523. The molecule has 2 amide bonds. The number of amides is 2. The molecule has 0 fully saturated rings. The van der Waals surface area contributed by atoms with Gasteiger partial charge < -0.3 is 4.74 Å². The van der Waals surface area contributed by atoms with Gasteiger partial charge in [0.15, 0.2) is 0 Å². The third-order valence-corrected chi connectivity index (χ3v) is 4.83. The maximum absolute atomic E-state index is 12.7. The number of fused-ring (bicyclic) bond motifs is 2. The lowest BCUT2D eigenvalue weighted by Gasteiger charge is -2.25. The molecule has 0 atom stereocenters. The number of nitrogens with zero attached hydrogens (tertiary/aromatic N) is 1. The summed E-state index contributed by atoms with van der Waals surface area (Å²) in [6.45, 7) is 3.60. The summed E-state index contributed by atoms with van der Waals surface area (Å²) >= 11 is 2.09. The van der Waals surface area contributed by atoms with E-state index in [-0.39, 0.29) is 12.0 Å². The topological polar surface area (TPSA) is 58.6 Å². The van der Waals surface area contributed by atoms with Gasteiger partial charge in [-0.1, -0.05) is 46.9 Å². The number of para-hydroxylation sites is 1. The van der Waals surface area contributed by atoms with Crippen LogP contribution in [-0.2, 0) is 22.4 Å². The normalized spacial score (nSPS) is 12.8. The van der Waals surface area contributed by atoms with Crippen molar-refractivity contribution in [2.75, 3.05) is 14.6 Å². The van der Waals surface area contributed by atoms with Gasteiger partial charge in [-0.25, -0.2) is 4.79 Å². The van der Waals surface area contributed by atoms with Crippen molar-refractivity contribution in [2.45, 2.75) is 32.8 Å². The Labute approximate surface area is 166 Å². The van der Waals surface area contributed by atoms with Gasteiger partial charge in [-0.15, -0.1) is 0 Å². The molecule has 6 heteroatoms. The van der Waals surface area contributed by atoms with Gasteiger partial charge in [0.05, 0.1) is 21.9 Å². The smallest absolute Gasteiger partial charge is 0.411 e. The minimum Gasteiger partial charge on any atom is -0.447 e. The van der Waals surface area contributed by atoms with Crippen LogP contribution >= 0.6 is 22.6 Å². The summed E-state index contributed by atoms with van der Waals surface area (Å²) in [7, 11) is 0. The molecule has 5 nitrogen and oxygen atoms in total. The fourth-order valence-corrected chi connectivity index (χ4v) is 3.43. The molecule has 2 aromatic carbocycles. The molecule has 0 unspecified atom stereocenters. The molecule has 0 radical (unpaired) electrons. The first-order chi connectivity index (χ1) is 12.5. The average molecular weight is 464 g/mol. The van der Waals surface area contributed by atoms with Crippen molar-refractivity contribution in [3.05, 3.63) is 53.6 Å². The molecule has 136 valence electrons. The molecule has 0 saturated heterocycles. The maximum Gasteiger partial charge on any atom is 0.411 e. The van der Waals surface area contributed by atoms with Crippen LogP contribution in [-0.4, -0.2) is 22.5 Å². The van der Waals surface area contributed by atoms with Crippen molar-refractivity contribution < 1.29 is 14.3 Å². The molecule has 0 bridgehead atoms. The van der Waals surface area contributed by atoms with E-state index in [2.05, 4.69) is 34.0 Å². The van der Waals surface area contributed by atoms with Crippen molar-refractivity contribution in [2.24, 2.45) is 0 Å². The fourth-order valence-electron chi connectivity index (χ4n) is 3.09. The zero-order chi connectivity index (χ0) is 18.7. The van der Waals surface area contributed by atoms with Gasteiger partial charge in [0, 0.05) is 5.69 Å². The van der Waals surface area contributed by atoms with Crippen LogP contribution in [0.15, 0.2) is 42.5 Å². The summed E-state index contributed by atoms with van der Waals surface area (Å²) in [4.78, 5) is 26.4. The number of alkyl halides is 1. The third-order valence-electron chi connectivity index (χ3n) is 4.18. The molecule has 1 N–H and O–H groups in total. The number of halogens is 1. The molecule has 1 heterocycles. The number of anilines is 3. The molecule has 0 spiro atoms. The van der Waals surface area contributed by atoms with E-state index in [1.807, 2.05) is 36.4 Å². The highest BCUT2D eigenvalue weighted by atomic mass is 127. The van der Waals surface area contributed by atoms with Gasteiger partial charge in [0.1, 0.15) is 0 Å². The van der Waals surface area contributed by atoms with E-state index in [4.69, 9.17) is 4.74 Å². The third kappa shape index (κ3) is 4.00. The Balaban J connectivity index is 2.02. The maximum atomic E-state index is 12.7. The molecule has 1 aliphatic rings. The van der Waals surface area contributed by atoms with E-state index in [1.165, 1.54) is 0 Å². The Kier molecular flexibility index (Phi) is 5.80. The van der Waals surface area contributed by atoms with Crippen molar-refractivity contribution in [1.29, 1.82) is 0 Å². The number of nitrogens with one attached hydrogen (secondary N) is 1. The van der Waals surface area contributed by atoms with E-state index in [0.717, 1.165) is 35.3 Å². The predicted octanol–water partition coefficient (Wildman–Crippen LogP) is 4.84. The van der Waals surface area contributed by atoms with Crippen molar-refractivity contribution in [1.82, 2.24) is 0 Å². The number of rotatable bonds is 3. The Morgan fingerprint density at radius 3 is 2.50 bits per heavy atom. The Morgan fingerprint density at radius 1 is 1.12 bits per heavy atom. The second-order valence-electron chi connectivity index (χ2n) is 6.41. The van der Waals surface area contributed by atoms with Gasteiger partial charge in [0.25, 0.3) is 0 Å². The Bertz CT molecular complexity index is 836. The Morgan fingerprint density at radius 2 is 1.81 bits per heavy atom. The van der Waals surface area contributed by atoms with E-state index in [1.54, 1.807) is 18.7 Å². The zero-order valence-corrected chi connectivity index (χ0v) is 16.9. The largest absolute Gasteiger partial charge is 0.447 e. The van der Waals surface area contributed by atoms with Crippen LogP contribution in [0.1, 0.15) is 25.0 Å². The summed E-state index contributed by atoms with van der Waals surface area (Å²) in [5.74, 6) is 0.0168. The molecule has 3 rings (SSSR count). The minimum atomic E-state index is -0.499. The summed E-state index contributed by atoms with van der Waals surface area (Å²) in [5, 5.41) is 2.74. The number of carbonyl (C=O) groups is 2. The average Bonchev–Trinajstić information content (AvgIpc) is 2.77. The first-order valence-electron chi connectivity index (χ1n) is 8.57. The molecule has 0 saturated carbocycles. The number of aryl methyl sites for hydroxylation is 2. The van der Waals surface area contributed by atoms with Crippen molar-refractivity contribution in [3.63, 3.8) is 0 Å². The standard InChI is InChI=1S/C20H21IN2O3/c1-13(2)26-20(25)22-16-10-9-15-8-7-14-5-3-4-6-17(14)23(18(15)11-16)19(24)12-21/h3-6,9-11,13H,7-8,12H2,1-2H3,(H,22,25). The molecule has 0 aliphatic carbocycles. The number of hydrogen-bond donors (Lipinski definition) is 1. The van der Waals surface area contributed by atoms with Crippen LogP contribution in [0.25, 0.3) is 0 Å². The van der Waals surface area contributed by atoms with Crippen LogP contribution in [0.4, 0.5) is 21.9 Å². The second-order valence-corrected chi connectivity index (χ2v) is 7.18. The molecule has 0 aromatic heterocycles.